The number of para-hydroxylation sites is 2. The predicted molar refractivity (Wildman–Crippen MR) is 65.6 cm³/mol. The quantitative estimate of drug-likeness (QED) is 0.509. The zero-order valence-electron chi connectivity index (χ0n) is 9.58. The number of hydrogen-bond acceptors (Lipinski definition) is 4. The highest BCUT2D eigenvalue weighted by atomic mass is 16.6. The van der Waals surface area contributed by atoms with Gasteiger partial charge in [-0.2, -0.15) is 0 Å². The van der Waals surface area contributed by atoms with E-state index in [0.717, 1.165) is 0 Å². The Morgan fingerprint density at radius 2 is 1.67 bits per heavy atom. The number of rotatable bonds is 4. The third kappa shape index (κ3) is 2.87. The van der Waals surface area contributed by atoms with E-state index in [-0.39, 0.29) is 5.56 Å². The number of benzene rings is 2. The van der Waals surface area contributed by atoms with Crippen LogP contribution in [0.3, 0.4) is 0 Å². The van der Waals surface area contributed by atoms with Gasteiger partial charge in [0.25, 0.3) is 0 Å². The molecule has 0 aliphatic carbocycles. The lowest BCUT2D eigenvalue weighted by atomic mass is 10.2. The van der Waals surface area contributed by atoms with Crippen molar-refractivity contribution < 1.29 is 19.4 Å². The number of carbonyl (C=O) groups excluding carboxylic acids is 1. The molecule has 0 spiro atoms. The second-order valence-corrected chi connectivity index (χ2v) is 3.47. The van der Waals surface area contributed by atoms with Crippen molar-refractivity contribution in [3.63, 3.8) is 0 Å². The van der Waals surface area contributed by atoms with Crippen LogP contribution < -0.4 is 9.47 Å². The summed E-state index contributed by atoms with van der Waals surface area (Å²) < 4.78 is 10.1. The molecule has 0 aliphatic rings. The first-order valence-electron chi connectivity index (χ1n) is 5.41. The standard InChI is InChI=1S/C14H12O4/c15-10-17-13-9-5-4-8-12(13)14(16)18-11-6-2-1-3-7-11/h1-9,15H,10H2. The maximum absolute atomic E-state index is 11.9. The molecule has 0 atom stereocenters. The van der Waals surface area contributed by atoms with Crippen LogP contribution in [0.2, 0.25) is 0 Å². The van der Waals surface area contributed by atoms with Crippen LogP contribution >= 0.6 is 0 Å². The second kappa shape index (κ2) is 5.84. The van der Waals surface area contributed by atoms with Crippen LogP contribution in [0.1, 0.15) is 10.4 Å². The molecule has 0 aromatic heterocycles. The molecule has 0 saturated heterocycles. The highest BCUT2D eigenvalue weighted by Gasteiger charge is 2.14. The van der Waals surface area contributed by atoms with Crippen molar-refractivity contribution in [3.05, 3.63) is 60.2 Å². The maximum atomic E-state index is 11.9. The number of aliphatic hydroxyl groups excluding tert-OH is 1. The van der Waals surface area contributed by atoms with Gasteiger partial charge >= 0.3 is 5.97 Å². The van der Waals surface area contributed by atoms with Crippen molar-refractivity contribution >= 4 is 5.97 Å². The summed E-state index contributed by atoms with van der Waals surface area (Å²) in [5, 5.41) is 8.74. The summed E-state index contributed by atoms with van der Waals surface area (Å²) in [7, 11) is 0. The fourth-order valence-electron chi connectivity index (χ4n) is 1.48. The summed E-state index contributed by atoms with van der Waals surface area (Å²) >= 11 is 0. The molecule has 0 fully saturated rings. The Labute approximate surface area is 104 Å². The molecule has 4 heteroatoms. The van der Waals surface area contributed by atoms with Crippen LogP contribution in [-0.4, -0.2) is 17.9 Å². The summed E-state index contributed by atoms with van der Waals surface area (Å²) in [4.78, 5) is 11.9. The second-order valence-electron chi connectivity index (χ2n) is 3.47. The Hall–Kier alpha value is -2.33. The van der Waals surface area contributed by atoms with Crippen LogP contribution in [0.4, 0.5) is 0 Å². The summed E-state index contributed by atoms with van der Waals surface area (Å²) in [6, 6.07) is 15.3. The summed E-state index contributed by atoms with van der Waals surface area (Å²) in [5.74, 6) is 0.229. The summed E-state index contributed by atoms with van der Waals surface area (Å²) in [6.07, 6.45) is 0. The van der Waals surface area contributed by atoms with Gasteiger partial charge in [0.05, 0.1) is 0 Å². The average Bonchev–Trinajstić information content (AvgIpc) is 2.41. The molecule has 0 bridgehead atoms. The van der Waals surface area contributed by atoms with Crippen molar-refractivity contribution in [2.75, 3.05) is 6.79 Å². The van der Waals surface area contributed by atoms with E-state index in [0.29, 0.717) is 11.5 Å². The maximum Gasteiger partial charge on any atom is 0.347 e. The van der Waals surface area contributed by atoms with Gasteiger partial charge in [-0.1, -0.05) is 30.3 Å². The van der Waals surface area contributed by atoms with Gasteiger partial charge < -0.3 is 14.6 Å². The van der Waals surface area contributed by atoms with Crippen LogP contribution in [0, 0.1) is 0 Å². The molecular formula is C14H12O4. The van der Waals surface area contributed by atoms with Crippen molar-refractivity contribution in [2.45, 2.75) is 0 Å². The van der Waals surface area contributed by atoms with Gasteiger partial charge in [-0.05, 0) is 24.3 Å². The van der Waals surface area contributed by atoms with Gasteiger partial charge in [0.15, 0.2) is 6.79 Å². The number of aliphatic hydroxyl groups is 1. The van der Waals surface area contributed by atoms with E-state index in [9.17, 15) is 4.79 Å². The van der Waals surface area contributed by atoms with Gasteiger partial charge in [0.1, 0.15) is 17.1 Å². The van der Waals surface area contributed by atoms with E-state index in [1.165, 1.54) is 0 Å². The first-order chi connectivity index (χ1) is 8.81. The van der Waals surface area contributed by atoms with E-state index in [4.69, 9.17) is 14.6 Å². The van der Waals surface area contributed by atoms with Crippen molar-refractivity contribution in [1.82, 2.24) is 0 Å². The average molecular weight is 244 g/mol. The largest absolute Gasteiger partial charge is 0.467 e. The lowest BCUT2D eigenvalue weighted by Gasteiger charge is -2.08. The number of carbonyl (C=O) groups is 1. The Bertz CT molecular complexity index is 522. The van der Waals surface area contributed by atoms with Crippen LogP contribution in [0.25, 0.3) is 0 Å². The van der Waals surface area contributed by atoms with E-state index in [1.807, 2.05) is 6.07 Å². The minimum Gasteiger partial charge on any atom is -0.467 e. The Morgan fingerprint density at radius 1 is 1.00 bits per heavy atom. The molecule has 0 radical (unpaired) electrons. The smallest absolute Gasteiger partial charge is 0.347 e. The first-order valence-corrected chi connectivity index (χ1v) is 5.41. The minimum atomic E-state index is -0.523. The highest BCUT2D eigenvalue weighted by Crippen LogP contribution is 2.20. The third-order valence-electron chi connectivity index (χ3n) is 2.28. The molecular weight excluding hydrogens is 232 g/mol. The summed E-state index contributed by atoms with van der Waals surface area (Å²) in [5.41, 5.74) is 0.274. The molecule has 2 rings (SSSR count). The van der Waals surface area contributed by atoms with Crippen LogP contribution in [0.5, 0.6) is 11.5 Å². The van der Waals surface area contributed by atoms with E-state index < -0.39 is 12.8 Å². The molecule has 2 aromatic carbocycles. The fourth-order valence-corrected chi connectivity index (χ4v) is 1.48. The molecule has 92 valence electrons. The van der Waals surface area contributed by atoms with Crippen molar-refractivity contribution in [2.24, 2.45) is 0 Å². The zero-order chi connectivity index (χ0) is 12.8. The molecule has 0 unspecified atom stereocenters. The molecule has 2 aromatic rings. The van der Waals surface area contributed by atoms with Gasteiger partial charge in [-0.3, -0.25) is 0 Å². The molecule has 0 saturated carbocycles. The first kappa shape index (κ1) is 12.1. The van der Waals surface area contributed by atoms with Crippen LogP contribution in [-0.2, 0) is 0 Å². The topological polar surface area (TPSA) is 55.8 Å². The predicted octanol–water partition coefficient (Wildman–Crippen LogP) is 2.23. The van der Waals surface area contributed by atoms with Gasteiger partial charge in [0.2, 0.25) is 0 Å². The number of esters is 1. The van der Waals surface area contributed by atoms with Crippen LogP contribution in [0.15, 0.2) is 54.6 Å². The lowest BCUT2D eigenvalue weighted by Crippen LogP contribution is -2.11. The number of ether oxygens (including phenoxy) is 2. The molecule has 0 aliphatic heterocycles. The molecule has 18 heavy (non-hydrogen) atoms. The van der Waals surface area contributed by atoms with Gasteiger partial charge in [0, 0.05) is 0 Å². The SMILES string of the molecule is O=C(Oc1ccccc1)c1ccccc1OCO. The Kier molecular flexibility index (Phi) is 3.94. The van der Waals surface area contributed by atoms with E-state index in [1.54, 1.807) is 48.5 Å². The molecule has 1 N–H and O–H groups in total. The lowest BCUT2D eigenvalue weighted by molar-refractivity contribution is 0.0710. The highest BCUT2D eigenvalue weighted by molar-refractivity contribution is 5.93. The third-order valence-corrected chi connectivity index (χ3v) is 2.28. The minimum absolute atomic E-state index is 0.274. The van der Waals surface area contributed by atoms with E-state index >= 15 is 0 Å². The van der Waals surface area contributed by atoms with Crippen molar-refractivity contribution in [3.8, 4) is 11.5 Å². The Morgan fingerprint density at radius 3 is 2.39 bits per heavy atom. The van der Waals surface area contributed by atoms with Crippen molar-refractivity contribution in [1.29, 1.82) is 0 Å². The zero-order valence-corrected chi connectivity index (χ0v) is 9.58. The molecule has 0 heterocycles. The normalized spacial score (nSPS) is 9.83. The number of hydrogen-bond donors (Lipinski definition) is 1. The Balaban J connectivity index is 2.19. The van der Waals surface area contributed by atoms with Gasteiger partial charge in [-0.15, -0.1) is 0 Å². The molecule has 0 amide bonds. The van der Waals surface area contributed by atoms with E-state index in [2.05, 4.69) is 0 Å². The fraction of sp³-hybridized carbons (Fsp3) is 0.0714. The van der Waals surface area contributed by atoms with Gasteiger partial charge in [-0.25, -0.2) is 4.79 Å². The summed E-state index contributed by atoms with van der Waals surface area (Å²) in [6.45, 7) is -0.490. The monoisotopic (exact) mass is 244 g/mol. The molecule has 4 nitrogen and oxygen atoms in total.